The smallest absolute Gasteiger partial charge is 0.242 e. The highest BCUT2D eigenvalue weighted by atomic mass is 16.7. The lowest BCUT2D eigenvalue weighted by Crippen LogP contribution is -2.55. The number of carbonyl (C=O) groups excluding carboxylic acids is 2. The minimum Gasteiger partial charge on any atom is -0.454 e. The molecule has 0 radical (unpaired) electrons. The molecular weight excluding hydrogens is 624 g/mol. The van der Waals surface area contributed by atoms with Gasteiger partial charge >= 0.3 is 0 Å². The summed E-state index contributed by atoms with van der Waals surface area (Å²) in [4.78, 5) is 29.8. The molecule has 2 aromatic rings. The van der Waals surface area contributed by atoms with Gasteiger partial charge in [-0.05, 0) is 87.4 Å². The van der Waals surface area contributed by atoms with E-state index in [1.54, 1.807) is 0 Å². The molecule has 272 valence electrons. The Kier molecular flexibility index (Phi) is 13.6. The van der Waals surface area contributed by atoms with E-state index in [9.17, 15) is 9.59 Å². The maximum absolute atomic E-state index is 12.7. The van der Waals surface area contributed by atoms with E-state index in [1.165, 1.54) is 0 Å². The summed E-state index contributed by atoms with van der Waals surface area (Å²) in [5.74, 6) is 2.74. The highest BCUT2D eigenvalue weighted by Crippen LogP contribution is 2.37. The number of nitrogens with zero attached hydrogens (tertiary/aromatic N) is 2. The van der Waals surface area contributed by atoms with Gasteiger partial charge in [-0.2, -0.15) is 0 Å². The molecule has 0 saturated carbocycles. The summed E-state index contributed by atoms with van der Waals surface area (Å²) < 4.78 is 23.5. The highest BCUT2D eigenvalue weighted by Gasteiger charge is 2.29. The summed E-state index contributed by atoms with van der Waals surface area (Å²) >= 11 is 0. The Morgan fingerprint density at radius 2 is 1.37 bits per heavy atom. The number of benzene rings is 2. The average Bonchev–Trinajstić information content (AvgIpc) is 3.70. The first-order valence-electron chi connectivity index (χ1n) is 17.7. The molecule has 2 heterocycles. The quantitative estimate of drug-likeness (QED) is 0.172. The second-order valence-corrected chi connectivity index (χ2v) is 14.1. The van der Waals surface area contributed by atoms with Crippen LogP contribution < -0.4 is 41.0 Å². The molecule has 2 aliphatic rings. The lowest BCUT2D eigenvalue weighted by atomic mass is 10.0. The maximum atomic E-state index is 12.7. The summed E-state index contributed by atoms with van der Waals surface area (Å²) in [5, 5.41) is 6.11. The molecule has 0 bridgehead atoms. The van der Waals surface area contributed by atoms with Crippen molar-refractivity contribution in [2.24, 2.45) is 23.3 Å². The molecule has 12 nitrogen and oxygen atoms in total. The molecule has 0 fully saturated rings. The van der Waals surface area contributed by atoms with Gasteiger partial charge < -0.3 is 41.0 Å². The van der Waals surface area contributed by atoms with Crippen molar-refractivity contribution in [3.8, 4) is 23.0 Å². The minimum atomic E-state index is -0.575. The molecule has 12 heteroatoms. The van der Waals surface area contributed by atoms with Crippen LogP contribution in [0.3, 0.4) is 0 Å². The summed E-state index contributed by atoms with van der Waals surface area (Å²) in [7, 11) is 0. The van der Waals surface area contributed by atoms with Crippen molar-refractivity contribution >= 4 is 11.8 Å². The molecular formula is C37H58N6O6. The third kappa shape index (κ3) is 10.2. The topological polar surface area (TPSA) is 154 Å². The molecule has 0 saturated heterocycles. The van der Waals surface area contributed by atoms with Crippen molar-refractivity contribution < 1.29 is 28.5 Å². The van der Waals surface area contributed by atoms with Crippen LogP contribution in [-0.2, 0) is 22.4 Å². The Hall–Kier alpha value is -3.58. The van der Waals surface area contributed by atoms with Crippen molar-refractivity contribution in [2.75, 3.05) is 26.6 Å². The average molecular weight is 683 g/mol. The predicted octanol–water partition coefficient (Wildman–Crippen LogP) is 3.59. The molecule has 2 amide bonds. The third-order valence-corrected chi connectivity index (χ3v) is 9.58. The van der Waals surface area contributed by atoms with Crippen molar-refractivity contribution in [3.63, 3.8) is 0 Å². The molecule has 4 rings (SSSR count). The number of ether oxygens (including phenoxy) is 4. The van der Waals surface area contributed by atoms with Gasteiger partial charge in [0.15, 0.2) is 23.0 Å². The summed E-state index contributed by atoms with van der Waals surface area (Å²) in [6, 6.07) is 11.2. The number of likely N-dealkylation sites (N-methyl/N-ethyl adjacent to an activating group) is 1. The van der Waals surface area contributed by atoms with Crippen LogP contribution in [0.15, 0.2) is 36.4 Å². The largest absolute Gasteiger partial charge is 0.454 e. The Labute approximate surface area is 292 Å². The summed E-state index contributed by atoms with van der Waals surface area (Å²) in [6.45, 7) is 18.2. The molecule has 6 N–H and O–H groups in total. The number of hydrogen-bond donors (Lipinski definition) is 4. The lowest BCUT2D eigenvalue weighted by molar-refractivity contribution is -0.125. The van der Waals surface area contributed by atoms with E-state index in [2.05, 4.69) is 47.3 Å². The maximum Gasteiger partial charge on any atom is 0.242 e. The Morgan fingerprint density at radius 3 is 2.02 bits per heavy atom. The number of nitrogens with two attached hydrogens (primary N) is 2. The van der Waals surface area contributed by atoms with Crippen molar-refractivity contribution in [1.82, 2.24) is 20.4 Å². The van der Waals surface area contributed by atoms with Gasteiger partial charge in [-0.25, -0.2) is 0 Å². The number of amides is 2. The van der Waals surface area contributed by atoms with Gasteiger partial charge in [-0.1, -0.05) is 46.8 Å². The van der Waals surface area contributed by atoms with Crippen LogP contribution in [0.2, 0.25) is 0 Å². The van der Waals surface area contributed by atoms with Crippen LogP contribution in [0.1, 0.15) is 72.9 Å². The van der Waals surface area contributed by atoms with Crippen molar-refractivity contribution in [1.29, 1.82) is 0 Å². The van der Waals surface area contributed by atoms with Gasteiger partial charge in [0.2, 0.25) is 24.9 Å². The molecule has 4 unspecified atom stereocenters. The summed E-state index contributed by atoms with van der Waals surface area (Å²) in [6.07, 6.45) is 1.51. The predicted molar refractivity (Wildman–Crippen MR) is 190 cm³/mol. The molecule has 0 aromatic heterocycles. The zero-order chi connectivity index (χ0) is 35.8. The van der Waals surface area contributed by atoms with Crippen LogP contribution in [0.5, 0.6) is 23.0 Å². The SMILES string of the molecule is CCN(C(C)Cc1ccc2c(c1)OC(CCN(CNC(=O)[C@@H](N)C(C)C)C(C)Cc1ccc3c(c1)OCO3)O2)C(C)NC(=O)[C@@H](N)C(C)C. The molecule has 49 heavy (non-hydrogen) atoms. The standard InChI is InChI=1S/C37H58N6O6/c1-9-43(26(8)41-37(45)35(39)23(4)5)25(7)17-28-11-13-30-32(19-28)49-33(48-30)14-15-42(20-40-36(44)34(38)22(2)3)24(6)16-27-10-12-29-31(18-27)47-21-46-29/h10-13,18-19,22-26,33-35H,9,14-17,20-21,38-39H2,1-8H3,(H,40,44)(H,41,45)/t24?,25?,26?,33?,34-,35-/m0/s1. The molecule has 0 aliphatic carbocycles. The van der Waals surface area contributed by atoms with Crippen molar-refractivity contribution in [3.05, 3.63) is 47.5 Å². The fourth-order valence-electron chi connectivity index (χ4n) is 6.27. The van der Waals surface area contributed by atoms with Gasteiger partial charge in [0.1, 0.15) is 0 Å². The highest BCUT2D eigenvalue weighted by molar-refractivity contribution is 5.82. The van der Waals surface area contributed by atoms with E-state index in [0.717, 1.165) is 47.8 Å². The van der Waals surface area contributed by atoms with E-state index >= 15 is 0 Å². The van der Waals surface area contributed by atoms with E-state index < -0.39 is 18.4 Å². The summed E-state index contributed by atoms with van der Waals surface area (Å²) in [5.41, 5.74) is 14.4. The number of hydrogen-bond acceptors (Lipinski definition) is 10. The van der Waals surface area contributed by atoms with Gasteiger partial charge in [0.25, 0.3) is 0 Å². The molecule has 6 atom stereocenters. The monoisotopic (exact) mass is 682 g/mol. The molecule has 2 aliphatic heterocycles. The number of nitrogens with one attached hydrogen (secondary N) is 2. The first-order chi connectivity index (χ1) is 23.3. The van der Waals surface area contributed by atoms with Gasteiger partial charge in [0.05, 0.1) is 24.9 Å². The fourth-order valence-corrected chi connectivity index (χ4v) is 6.27. The van der Waals surface area contributed by atoms with E-state index in [1.807, 2.05) is 65.0 Å². The Bertz CT molecular complexity index is 1410. The van der Waals surface area contributed by atoms with Crippen LogP contribution in [-0.4, -0.2) is 84.8 Å². The number of carbonyl (C=O) groups is 2. The van der Waals surface area contributed by atoms with Crippen LogP contribution in [0.25, 0.3) is 0 Å². The lowest BCUT2D eigenvalue weighted by Gasteiger charge is -2.35. The molecule has 0 spiro atoms. The van der Waals surface area contributed by atoms with E-state index in [0.29, 0.717) is 25.4 Å². The first kappa shape index (κ1) is 38.2. The van der Waals surface area contributed by atoms with Crippen LogP contribution in [0, 0.1) is 11.8 Å². The second kappa shape index (κ2) is 17.4. The zero-order valence-corrected chi connectivity index (χ0v) is 30.5. The van der Waals surface area contributed by atoms with Gasteiger partial charge in [-0.3, -0.25) is 19.4 Å². The van der Waals surface area contributed by atoms with Gasteiger partial charge in [-0.15, -0.1) is 0 Å². The van der Waals surface area contributed by atoms with Crippen LogP contribution >= 0.6 is 0 Å². The third-order valence-electron chi connectivity index (χ3n) is 9.58. The normalized spacial score (nSPS) is 18.1. The number of rotatable bonds is 18. The fraction of sp³-hybridized carbons (Fsp3) is 0.622. The minimum absolute atomic E-state index is 0.0362. The van der Waals surface area contributed by atoms with Crippen LogP contribution in [0.4, 0.5) is 0 Å². The first-order valence-corrected chi connectivity index (χ1v) is 17.7. The van der Waals surface area contributed by atoms with E-state index in [-0.39, 0.29) is 48.7 Å². The second-order valence-electron chi connectivity index (χ2n) is 14.1. The Morgan fingerprint density at radius 1 is 0.796 bits per heavy atom. The Balaban J connectivity index is 1.35. The van der Waals surface area contributed by atoms with Crippen molar-refractivity contribution in [2.45, 2.75) is 111 Å². The number of fused-ring (bicyclic) bond motifs is 2. The molecule has 2 aromatic carbocycles. The van der Waals surface area contributed by atoms with Gasteiger partial charge in [0, 0.05) is 25.0 Å². The zero-order valence-electron chi connectivity index (χ0n) is 30.5. The van der Waals surface area contributed by atoms with E-state index in [4.69, 9.17) is 30.4 Å².